The number of fused-ring (bicyclic) bond motifs is 1. The Morgan fingerprint density at radius 3 is 3.05 bits per heavy atom. The van der Waals surface area contributed by atoms with E-state index in [1.165, 1.54) is 0 Å². The van der Waals surface area contributed by atoms with Crippen LogP contribution in [0.1, 0.15) is 6.42 Å². The molecule has 1 amide bonds. The van der Waals surface area contributed by atoms with E-state index < -0.39 is 6.04 Å². The van der Waals surface area contributed by atoms with E-state index in [2.05, 4.69) is 16.9 Å². The number of amides is 1. The maximum Gasteiger partial charge on any atom is 0.241 e. The van der Waals surface area contributed by atoms with Crippen LogP contribution in [0.3, 0.4) is 0 Å². The molecule has 0 spiro atoms. The molecule has 0 saturated carbocycles. The molecule has 3 N–H and O–H groups in total. The van der Waals surface area contributed by atoms with Crippen molar-refractivity contribution >= 4 is 34.1 Å². The first-order valence-electron chi connectivity index (χ1n) is 5.84. The lowest BCUT2D eigenvalue weighted by atomic mass is 10.1. The van der Waals surface area contributed by atoms with Crippen molar-refractivity contribution < 1.29 is 4.79 Å². The highest BCUT2D eigenvalue weighted by Crippen LogP contribution is 2.27. The van der Waals surface area contributed by atoms with Gasteiger partial charge in [0.2, 0.25) is 5.91 Å². The second kappa shape index (κ2) is 5.82. The largest absolute Gasteiger partial charge is 0.323 e. The highest BCUT2D eigenvalue weighted by molar-refractivity contribution is 6.35. The summed E-state index contributed by atoms with van der Waals surface area (Å²) in [4.78, 5) is 16.1. The fraction of sp³-hybridized carbons (Fsp3) is 0.143. The zero-order valence-corrected chi connectivity index (χ0v) is 11.0. The number of nitrogens with zero attached hydrogens (tertiary/aromatic N) is 1. The number of nitrogens with one attached hydrogen (secondary N) is 1. The number of carbonyl (C=O) groups is 1. The Morgan fingerprint density at radius 2 is 2.32 bits per heavy atom. The van der Waals surface area contributed by atoms with Crippen molar-refractivity contribution in [3.05, 3.63) is 48.1 Å². The van der Waals surface area contributed by atoms with E-state index in [0.717, 1.165) is 5.39 Å². The molecule has 0 radical (unpaired) electrons. The predicted octanol–water partition coefficient (Wildman–Crippen LogP) is 2.73. The van der Waals surface area contributed by atoms with Crippen molar-refractivity contribution in [1.82, 2.24) is 4.98 Å². The minimum Gasteiger partial charge on any atom is -0.323 e. The van der Waals surface area contributed by atoms with Gasteiger partial charge >= 0.3 is 0 Å². The molecule has 1 atom stereocenters. The highest BCUT2D eigenvalue weighted by atomic mass is 35.5. The van der Waals surface area contributed by atoms with Crippen LogP contribution in [0.4, 0.5) is 5.69 Å². The summed E-state index contributed by atoms with van der Waals surface area (Å²) in [6.07, 6.45) is 3.69. The van der Waals surface area contributed by atoms with Crippen LogP contribution < -0.4 is 11.1 Å². The van der Waals surface area contributed by atoms with Crippen molar-refractivity contribution in [2.45, 2.75) is 12.5 Å². The molecule has 98 valence electrons. The molecule has 19 heavy (non-hydrogen) atoms. The average molecular weight is 276 g/mol. The van der Waals surface area contributed by atoms with E-state index in [1.54, 1.807) is 30.5 Å². The first kappa shape index (κ1) is 13.5. The molecule has 4 nitrogen and oxygen atoms in total. The molecule has 1 aromatic carbocycles. The SMILES string of the molecule is C=CCC(N)C(=O)Nc1ccc(Cl)c2cccnc12. The van der Waals surface area contributed by atoms with Gasteiger partial charge in [0.05, 0.1) is 22.3 Å². The van der Waals surface area contributed by atoms with Gasteiger partial charge < -0.3 is 11.1 Å². The van der Waals surface area contributed by atoms with Crippen molar-refractivity contribution in [2.75, 3.05) is 5.32 Å². The normalized spacial score (nSPS) is 12.1. The molecule has 0 bridgehead atoms. The molecule has 0 aliphatic heterocycles. The van der Waals surface area contributed by atoms with E-state index in [1.807, 2.05) is 6.07 Å². The summed E-state index contributed by atoms with van der Waals surface area (Å²) in [6, 6.07) is 6.47. The Bertz CT molecular complexity index is 627. The lowest BCUT2D eigenvalue weighted by Gasteiger charge is -2.12. The van der Waals surface area contributed by atoms with Gasteiger partial charge in [-0.25, -0.2) is 0 Å². The van der Waals surface area contributed by atoms with Crippen LogP contribution >= 0.6 is 11.6 Å². The average Bonchev–Trinajstić information content (AvgIpc) is 2.42. The zero-order chi connectivity index (χ0) is 13.8. The van der Waals surface area contributed by atoms with Gasteiger partial charge in [-0.15, -0.1) is 6.58 Å². The van der Waals surface area contributed by atoms with Gasteiger partial charge in [0, 0.05) is 11.6 Å². The Morgan fingerprint density at radius 1 is 1.53 bits per heavy atom. The Balaban J connectivity index is 2.33. The monoisotopic (exact) mass is 275 g/mol. The number of carbonyl (C=O) groups excluding carboxylic acids is 1. The number of hydrogen-bond acceptors (Lipinski definition) is 3. The highest BCUT2D eigenvalue weighted by Gasteiger charge is 2.14. The number of benzene rings is 1. The van der Waals surface area contributed by atoms with E-state index in [-0.39, 0.29) is 5.91 Å². The molecule has 5 heteroatoms. The smallest absolute Gasteiger partial charge is 0.241 e. The molecular weight excluding hydrogens is 262 g/mol. The number of aromatic nitrogens is 1. The molecule has 2 rings (SSSR count). The molecule has 1 heterocycles. The Hall–Kier alpha value is -1.91. The van der Waals surface area contributed by atoms with Crippen LogP contribution in [-0.4, -0.2) is 16.9 Å². The van der Waals surface area contributed by atoms with Crippen LogP contribution in [0, 0.1) is 0 Å². The summed E-state index contributed by atoms with van der Waals surface area (Å²) in [7, 11) is 0. The van der Waals surface area contributed by atoms with Crippen molar-refractivity contribution in [2.24, 2.45) is 5.73 Å². The fourth-order valence-corrected chi connectivity index (χ4v) is 1.97. The van der Waals surface area contributed by atoms with Crippen molar-refractivity contribution in [3.8, 4) is 0 Å². The van der Waals surface area contributed by atoms with Crippen molar-refractivity contribution in [1.29, 1.82) is 0 Å². The molecule has 0 fully saturated rings. The van der Waals surface area contributed by atoms with Crippen LogP contribution in [0.5, 0.6) is 0 Å². The number of anilines is 1. The summed E-state index contributed by atoms with van der Waals surface area (Å²) < 4.78 is 0. The molecule has 0 aliphatic rings. The second-order valence-corrected chi connectivity index (χ2v) is 4.52. The molecule has 2 aromatic rings. The van der Waals surface area contributed by atoms with Gasteiger partial charge in [-0.3, -0.25) is 9.78 Å². The molecule has 0 aliphatic carbocycles. The predicted molar refractivity (Wildman–Crippen MR) is 78.2 cm³/mol. The third kappa shape index (κ3) is 2.92. The Kier molecular flexibility index (Phi) is 4.14. The van der Waals surface area contributed by atoms with Crippen LogP contribution in [-0.2, 0) is 4.79 Å². The minimum absolute atomic E-state index is 0.269. The van der Waals surface area contributed by atoms with Gasteiger partial charge in [-0.1, -0.05) is 17.7 Å². The van der Waals surface area contributed by atoms with Crippen LogP contribution in [0.2, 0.25) is 5.02 Å². The van der Waals surface area contributed by atoms with E-state index in [4.69, 9.17) is 17.3 Å². The molecular formula is C14H14ClN3O. The van der Waals surface area contributed by atoms with E-state index >= 15 is 0 Å². The summed E-state index contributed by atoms with van der Waals surface area (Å²) in [5, 5.41) is 4.15. The molecule has 1 unspecified atom stereocenters. The van der Waals surface area contributed by atoms with Gasteiger partial charge in [0.1, 0.15) is 0 Å². The maximum absolute atomic E-state index is 11.9. The first-order valence-corrected chi connectivity index (χ1v) is 6.22. The fourth-order valence-electron chi connectivity index (χ4n) is 1.75. The second-order valence-electron chi connectivity index (χ2n) is 4.11. The van der Waals surface area contributed by atoms with Gasteiger partial charge in [-0.2, -0.15) is 0 Å². The number of halogens is 1. The van der Waals surface area contributed by atoms with Crippen LogP contribution in [0.15, 0.2) is 43.1 Å². The van der Waals surface area contributed by atoms with Gasteiger partial charge in [0.15, 0.2) is 0 Å². The van der Waals surface area contributed by atoms with Crippen LogP contribution in [0.25, 0.3) is 10.9 Å². The molecule has 0 saturated heterocycles. The summed E-state index contributed by atoms with van der Waals surface area (Å²) in [6.45, 7) is 3.56. The summed E-state index contributed by atoms with van der Waals surface area (Å²) in [5.41, 5.74) is 6.97. The first-order chi connectivity index (χ1) is 9.13. The lowest BCUT2D eigenvalue weighted by Crippen LogP contribution is -2.35. The lowest BCUT2D eigenvalue weighted by molar-refractivity contribution is -0.117. The Labute approximate surface area is 116 Å². The number of pyridine rings is 1. The number of hydrogen-bond donors (Lipinski definition) is 2. The standard InChI is InChI=1S/C14H14ClN3O/c1-2-4-11(16)14(19)18-12-7-6-10(15)9-5-3-8-17-13(9)12/h2-3,5-8,11H,1,4,16H2,(H,18,19). The summed E-state index contributed by atoms with van der Waals surface area (Å²) in [5.74, 6) is -0.269. The minimum atomic E-state index is -0.619. The quantitative estimate of drug-likeness (QED) is 0.843. The number of rotatable bonds is 4. The van der Waals surface area contributed by atoms with Crippen molar-refractivity contribution in [3.63, 3.8) is 0 Å². The third-order valence-electron chi connectivity index (χ3n) is 2.73. The zero-order valence-electron chi connectivity index (χ0n) is 10.3. The van der Waals surface area contributed by atoms with Gasteiger partial charge in [0.25, 0.3) is 0 Å². The topological polar surface area (TPSA) is 68.0 Å². The summed E-state index contributed by atoms with van der Waals surface area (Å²) >= 11 is 6.09. The number of nitrogens with two attached hydrogens (primary N) is 1. The maximum atomic E-state index is 11.9. The van der Waals surface area contributed by atoms with E-state index in [0.29, 0.717) is 22.6 Å². The van der Waals surface area contributed by atoms with E-state index in [9.17, 15) is 4.79 Å². The third-order valence-corrected chi connectivity index (χ3v) is 3.06. The van der Waals surface area contributed by atoms with Gasteiger partial charge in [-0.05, 0) is 30.7 Å². The molecule has 1 aromatic heterocycles.